The van der Waals surface area contributed by atoms with Crippen LogP contribution in [0, 0.1) is 12.8 Å². The topological polar surface area (TPSA) is 99.0 Å². The van der Waals surface area contributed by atoms with Crippen LogP contribution in [0.25, 0.3) is 16.6 Å². The van der Waals surface area contributed by atoms with Gasteiger partial charge in [0.15, 0.2) is 5.65 Å². The van der Waals surface area contributed by atoms with Crippen LogP contribution in [0.5, 0.6) is 5.75 Å². The zero-order valence-electron chi connectivity index (χ0n) is 21.3. The number of alkyl halides is 2. The van der Waals surface area contributed by atoms with E-state index in [1.807, 2.05) is 26.1 Å². The van der Waals surface area contributed by atoms with Crippen molar-refractivity contribution in [2.45, 2.75) is 51.9 Å². The fourth-order valence-electron chi connectivity index (χ4n) is 5.70. The van der Waals surface area contributed by atoms with Gasteiger partial charge in [-0.15, -0.1) is 0 Å². The molecule has 1 aromatic carbocycles. The number of piperidine rings is 1. The summed E-state index contributed by atoms with van der Waals surface area (Å²) in [5.74, 6) is 0.831. The average Bonchev–Trinajstić information content (AvgIpc) is 3.60. The molecule has 0 radical (unpaired) electrons. The van der Waals surface area contributed by atoms with Crippen molar-refractivity contribution < 1.29 is 23.4 Å². The number of aliphatic hydroxyl groups excluding tert-OH is 1. The van der Waals surface area contributed by atoms with E-state index in [9.17, 15) is 18.7 Å². The third kappa shape index (κ3) is 4.34. The van der Waals surface area contributed by atoms with Crippen LogP contribution in [0.4, 0.5) is 14.6 Å². The van der Waals surface area contributed by atoms with Gasteiger partial charge in [-0.1, -0.05) is 13.0 Å². The molecule has 2 aliphatic heterocycles. The maximum Gasteiger partial charge on any atom is 0.387 e. The lowest BCUT2D eigenvalue weighted by molar-refractivity contribution is -0.0487. The molecule has 0 aliphatic carbocycles. The van der Waals surface area contributed by atoms with E-state index in [0.29, 0.717) is 35.3 Å². The highest BCUT2D eigenvalue weighted by atomic mass is 19.3. The Balaban J connectivity index is 1.31. The van der Waals surface area contributed by atoms with Crippen molar-refractivity contribution in [3.05, 3.63) is 53.5 Å². The molecule has 11 heteroatoms. The second kappa shape index (κ2) is 9.54. The predicted octanol–water partition coefficient (Wildman–Crippen LogP) is 4.30. The molecule has 9 nitrogen and oxygen atoms in total. The molecule has 3 unspecified atom stereocenters. The minimum Gasteiger partial charge on any atom is -0.434 e. The van der Waals surface area contributed by atoms with Crippen molar-refractivity contribution in [1.29, 1.82) is 0 Å². The number of nitrogens with one attached hydrogen (secondary N) is 1. The Bertz CT molecular complexity index is 1490. The van der Waals surface area contributed by atoms with E-state index in [2.05, 4.69) is 14.6 Å². The van der Waals surface area contributed by atoms with Crippen LogP contribution in [-0.4, -0.2) is 67.8 Å². The van der Waals surface area contributed by atoms with Crippen LogP contribution < -0.4 is 9.64 Å². The molecule has 3 atom stereocenters. The number of aromatic nitrogens is 4. The van der Waals surface area contributed by atoms with Crippen LogP contribution in [0.3, 0.4) is 0 Å². The summed E-state index contributed by atoms with van der Waals surface area (Å²) in [6, 6.07) is 8.06. The van der Waals surface area contributed by atoms with E-state index in [-0.39, 0.29) is 29.7 Å². The first-order valence-corrected chi connectivity index (χ1v) is 13.0. The van der Waals surface area contributed by atoms with Gasteiger partial charge in [0.2, 0.25) is 0 Å². The van der Waals surface area contributed by atoms with Gasteiger partial charge < -0.3 is 24.6 Å². The van der Waals surface area contributed by atoms with Crippen molar-refractivity contribution in [1.82, 2.24) is 24.5 Å². The number of carbonyl (C=O) groups excluding carboxylic acids is 1. The number of H-pyrrole nitrogens is 1. The quantitative estimate of drug-likeness (QED) is 0.404. The SMILES string of the molecule is Cc1cn2nc(C3CCCCN3C(=O)c3cc4c(OC(F)F)cccc4[nH]3)cc2nc1N1CC(C)C(O)C1. The number of aromatic amines is 1. The van der Waals surface area contributed by atoms with Crippen LogP contribution in [-0.2, 0) is 0 Å². The Morgan fingerprint density at radius 1 is 1.24 bits per heavy atom. The van der Waals surface area contributed by atoms with Gasteiger partial charge in [-0.25, -0.2) is 9.50 Å². The number of β-amino-alcohol motifs (C(OH)–C–C–N with tert-alkyl or cyclic N) is 1. The van der Waals surface area contributed by atoms with E-state index in [4.69, 9.17) is 10.1 Å². The number of hydrogen-bond acceptors (Lipinski definition) is 6. The van der Waals surface area contributed by atoms with Crippen molar-refractivity contribution in [3.8, 4) is 5.75 Å². The lowest BCUT2D eigenvalue weighted by atomic mass is 9.99. The summed E-state index contributed by atoms with van der Waals surface area (Å²) in [5, 5.41) is 15.4. The van der Waals surface area contributed by atoms with Crippen molar-refractivity contribution in [3.63, 3.8) is 0 Å². The average molecular weight is 525 g/mol. The molecule has 2 aliphatic rings. The summed E-state index contributed by atoms with van der Waals surface area (Å²) < 4.78 is 32.1. The molecule has 0 bridgehead atoms. The fourth-order valence-corrected chi connectivity index (χ4v) is 5.70. The first-order chi connectivity index (χ1) is 18.3. The van der Waals surface area contributed by atoms with E-state index >= 15 is 0 Å². The second-order valence-electron chi connectivity index (χ2n) is 10.4. The molecular weight excluding hydrogens is 494 g/mol. The third-order valence-electron chi connectivity index (χ3n) is 7.67. The summed E-state index contributed by atoms with van der Waals surface area (Å²) in [7, 11) is 0. The Kier molecular flexibility index (Phi) is 6.17. The number of amides is 1. The number of likely N-dealkylation sites (tertiary alicyclic amines) is 1. The molecule has 1 amide bonds. The molecule has 38 heavy (non-hydrogen) atoms. The lowest BCUT2D eigenvalue weighted by Crippen LogP contribution is -2.38. The number of rotatable bonds is 5. The monoisotopic (exact) mass is 524 g/mol. The molecule has 5 heterocycles. The number of aliphatic hydroxyl groups is 1. The molecule has 3 aromatic heterocycles. The predicted molar refractivity (Wildman–Crippen MR) is 138 cm³/mol. The normalized spacial score (nSPS) is 22.2. The number of anilines is 1. The zero-order valence-corrected chi connectivity index (χ0v) is 21.3. The summed E-state index contributed by atoms with van der Waals surface area (Å²) in [5.41, 5.74) is 3.28. The Hall–Kier alpha value is -3.73. The smallest absolute Gasteiger partial charge is 0.387 e. The Labute approximate surface area is 218 Å². The lowest BCUT2D eigenvalue weighted by Gasteiger charge is -2.34. The van der Waals surface area contributed by atoms with Gasteiger partial charge in [-0.3, -0.25) is 4.79 Å². The van der Waals surface area contributed by atoms with E-state index in [1.165, 1.54) is 6.07 Å². The highest BCUT2D eigenvalue weighted by Gasteiger charge is 2.33. The molecule has 2 N–H and O–H groups in total. The van der Waals surface area contributed by atoms with Crippen LogP contribution in [0.15, 0.2) is 36.5 Å². The molecule has 6 rings (SSSR count). The minimum atomic E-state index is -2.95. The number of aryl methyl sites for hydroxylation is 1. The van der Waals surface area contributed by atoms with Crippen LogP contribution in [0.1, 0.15) is 54.0 Å². The van der Waals surface area contributed by atoms with Crippen LogP contribution >= 0.6 is 0 Å². The summed E-state index contributed by atoms with van der Waals surface area (Å²) in [6.07, 6.45) is 4.15. The maximum atomic E-state index is 13.7. The van der Waals surface area contributed by atoms with Gasteiger partial charge in [0.1, 0.15) is 17.3 Å². The number of halogens is 2. The van der Waals surface area contributed by atoms with Gasteiger partial charge >= 0.3 is 6.61 Å². The van der Waals surface area contributed by atoms with Gasteiger partial charge in [0, 0.05) is 54.3 Å². The number of carbonyl (C=O) groups is 1. The Morgan fingerprint density at radius 2 is 2.08 bits per heavy atom. The first-order valence-electron chi connectivity index (χ1n) is 13.0. The summed E-state index contributed by atoms with van der Waals surface area (Å²) in [6.45, 7) is 2.92. The van der Waals surface area contributed by atoms with Gasteiger partial charge in [-0.05, 0) is 44.4 Å². The number of fused-ring (bicyclic) bond motifs is 2. The van der Waals surface area contributed by atoms with Gasteiger partial charge in [-0.2, -0.15) is 13.9 Å². The fraction of sp³-hybridized carbons (Fsp3) is 0.444. The van der Waals surface area contributed by atoms with Gasteiger partial charge in [0.25, 0.3) is 5.91 Å². The molecule has 2 fully saturated rings. The number of nitrogens with zero attached hydrogens (tertiary/aromatic N) is 5. The van der Waals surface area contributed by atoms with E-state index < -0.39 is 6.61 Å². The standard InChI is InChI=1S/C27H30F2N6O3/c1-15-12-33(14-22(15)36)25-16(2)13-35-24(31-25)11-19(32-35)21-7-3-4-9-34(21)26(37)20-10-17-18(30-20)6-5-8-23(17)38-27(28)29/h5-6,8,10-11,13,15,21-22,27,30,36H,3-4,7,9,12,14H2,1-2H3. The highest BCUT2D eigenvalue weighted by Crippen LogP contribution is 2.34. The van der Waals surface area contributed by atoms with Gasteiger partial charge in [0.05, 0.1) is 17.8 Å². The number of hydrogen-bond donors (Lipinski definition) is 2. The van der Waals surface area contributed by atoms with E-state index in [1.54, 1.807) is 27.6 Å². The molecular formula is C27H30F2N6O3. The molecule has 4 aromatic rings. The molecule has 2 saturated heterocycles. The second-order valence-corrected chi connectivity index (χ2v) is 10.4. The molecule has 0 saturated carbocycles. The minimum absolute atomic E-state index is 0.0282. The van der Waals surface area contributed by atoms with Crippen LogP contribution in [0.2, 0.25) is 0 Å². The Morgan fingerprint density at radius 3 is 2.84 bits per heavy atom. The van der Waals surface area contributed by atoms with Crippen molar-refractivity contribution in [2.24, 2.45) is 5.92 Å². The maximum absolute atomic E-state index is 13.7. The highest BCUT2D eigenvalue weighted by molar-refractivity contribution is 6.00. The first kappa shape index (κ1) is 24.6. The summed E-state index contributed by atoms with van der Waals surface area (Å²) >= 11 is 0. The van der Waals surface area contributed by atoms with Crippen molar-refractivity contribution >= 4 is 28.3 Å². The number of ether oxygens (including phenoxy) is 1. The van der Waals surface area contributed by atoms with E-state index in [0.717, 1.165) is 42.9 Å². The molecule has 0 spiro atoms. The largest absolute Gasteiger partial charge is 0.434 e. The third-order valence-corrected chi connectivity index (χ3v) is 7.67. The van der Waals surface area contributed by atoms with Crippen molar-refractivity contribution in [2.75, 3.05) is 24.5 Å². The number of benzene rings is 1. The zero-order chi connectivity index (χ0) is 26.6. The summed E-state index contributed by atoms with van der Waals surface area (Å²) in [4.78, 5) is 25.5. The molecule has 200 valence electrons.